The number of rotatable bonds is 6. The van der Waals surface area contributed by atoms with Crippen molar-refractivity contribution in [2.75, 3.05) is 14.2 Å². The second-order valence-corrected chi connectivity index (χ2v) is 6.16. The monoisotopic (exact) mass is 363 g/mol. The van der Waals surface area contributed by atoms with Crippen molar-refractivity contribution in [3.8, 4) is 11.4 Å². The summed E-state index contributed by atoms with van der Waals surface area (Å²) in [6.45, 7) is 3.43. The standard InChI is InChI=1S/C21H25N5O/c1-16-6-4-5-7-17(16)14-23-21(22-2)24-15-18-12-13-26(25-18)19-8-10-20(27-3)11-9-19/h4-13H,14-15H2,1-3H3,(H2,22,23,24). The van der Waals surface area contributed by atoms with Gasteiger partial charge in [-0.1, -0.05) is 24.3 Å². The maximum absolute atomic E-state index is 5.19. The van der Waals surface area contributed by atoms with Gasteiger partial charge >= 0.3 is 0 Å². The fraction of sp³-hybridized carbons (Fsp3) is 0.238. The molecule has 0 unspecified atom stereocenters. The van der Waals surface area contributed by atoms with E-state index in [0.717, 1.165) is 29.6 Å². The maximum Gasteiger partial charge on any atom is 0.191 e. The van der Waals surface area contributed by atoms with E-state index in [1.54, 1.807) is 14.2 Å². The Morgan fingerprint density at radius 2 is 1.78 bits per heavy atom. The van der Waals surface area contributed by atoms with Gasteiger partial charge in [0.25, 0.3) is 0 Å². The second-order valence-electron chi connectivity index (χ2n) is 6.16. The molecule has 1 heterocycles. The van der Waals surface area contributed by atoms with Gasteiger partial charge in [0.05, 0.1) is 25.0 Å². The first kappa shape index (κ1) is 18.5. The number of aromatic nitrogens is 2. The second kappa shape index (κ2) is 8.89. The Bertz CT molecular complexity index is 899. The van der Waals surface area contributed by atoms with E-state index in [0.29, 0.717) is 6.54 Å². The van der Waals surface area contributed by atoms with Gasteiger partial charge in [-0.2, -0.15) is 5.10 Å². The number of benzene rings is 2. The third-order valence-electron chi connectivity index (χ3n) is 4.35. The van der Waals surface area contributed by atoms with Gasteiger partial charge in [-0.3, -0.25) is 4.99 Å². The van der Waals surface area contributed by atoms with Crippen molar-refractivity contribution in [1.29, 1.82) is 0 Å². The maximum atomic E-state index is 5.19. The SMILES string of the molecule is CN=C(NCc1ccn(-c2ccc(OC)cc2)n1)NCc1ccccc1C. The molecule has 0 radical (unpaired) electrons. The van der Waals surface area contributed by atoms with Crippen LogP contribution < -0.4 is 15.4 Å². The Morgan fingerprint density at radius 1 is 1.04 bits per heavy atom. The Kier molecular flexibility index (Phi) is 6.10. The smallest absolute Gasteiger partial charge is 0.191 e. The average molecular weight is 363 g/mol. The quantitative estimate of drug-likeness (QED) is 0.522. The number of methoxy groups -OCH3 is 1. The Morgan fingerprint density at radius 3 is 2.48 bits per heavy atom. The minimum absolute atomic E-state index is 0.594. The molecule has 140 valence electrons. The number of nitrogens with one attached hydrogen (secondary N) is 2. The summed E-state index contributed by atoms with van der Waals surface area (Å²) in [7, 11) is 3.43. The summed E-state index contributed by atoms with van der Waals surface area (Å²) >= 11 is 0. The molecule has 0 saturated carbocycles. The number of hydrogen-bond acceptors (Lipinski definition) is 3. The van der Waals surface area contributed by atoms with Crippen LogP contribution in [0.5, 0.6) is 5.75 Å². The molecule has 0 aliphatic carbocycles. The summed E-state index contributed by atoms with van der Waals surface area (Å²) in [5.74, 6) is 1.58. The molecule has 0 saturated heterocycles. The van der Waals surface area contributed by atoms with Gasteiger partial charge in [-0.25, -0.2) is 4.68 Å². The van der Waals surface area contributed by atoms with Crippen molar-refractivity contribution in [3.05, 3.63) is 77.6 Å². The van der Waals surface area contributed by atoms with Crippen molar-refractivity contribution in [1.82, 2.24) is 20.4 Å². The summed E-state index contributed by atoms with van der Waals surface area (Å²) in [6.07, 6.45) is 1.95. The Labute approximate surface area is 159 Å². The molecule has 27 heavy (non-hydrogen) atoms. The molecule has 2 aromatic carbocycles. The van der Waals surface area contributed by atoms with E-state index in [1.165, 1.54) is 11.1 Å². The molecule has 0 aliphatic heterocycles. The van der Waals surface area contributed by atoms with Gasteiger partial charge in [0.15, 0.2) is 5.96 Å². The molecule has 0 spiro atoms. The lowest BCUT2D eigenvalue weighted by molar-refractivity contribution is 0.414. The predicted molar refractivity (Wildman–Crippen MR) is 108 cm³/mol. The Balaban J connectivity index is 1.55. The van der Waals surface area contributed by atoms with Crippen LogP contribution in [0, 0.1) is 6.92 Å². The molecule has 1 aromatic heterocycles. The summed E-state index contributed by atoms with van der Waals surface area (Å²) in [6, 6.07) is 18.1. The molecule has 0 bridgehead atoms. The summed E-state index contributed by atoms with van der Waals surface area (Å²) in [4.78, 5) is 4.28. The van der Waals surface area contributed by atoms with E-state index < -0.39 is 0 Å². The first-order valence-electron chi connectivity index (χ1n) is 8.87. The fourth-order valence-electron chi connectivity index (χ4n) is 2.72. The van der Waals surface area contributed by atoms with Crippen LogP contribution >= 0.6 is 0 Å². The molecule has 0 atom stereocenters. The number of ether oxygens (including phenoxy) is 1. The van der Waals surface area contributed by atoms with Gasteiger partial charge in [0, 0.05) is 19.8 Å². The highest BCUT2D eigenvalue weighted by molar-refractivity contribution is 5.79. The third kappa shape index (κ3) is 4.88. The molecule has 0 fully saturated rings. The van der Waals surface area contributed by atoms with E-state index in [-0.39, 0.29) is 0 Å². The largest absolute Gasteiger partial charge is 0.497 e. The van der Waals surface area contributed by atoms with Crippen LogP contribution in [0.25, 0.3) is 5.69 Å². The van der Waals surface area contributed by atoms with Crippen LogP contribution in [-0.2, 0) is 13.1 Å². The van der Waals surface area contributed by atoms with Crippen molar-refractivity contribution < 1.29 is 4.74 Å². The van der Waals surface area contributed by atoms with E-state index in [4.69, 9.17) is 4.74 Å². The minimum Gasteiger partial charge on any atom is -0.497 e. The first-order valence-corrected chi connectivity index (χ1v) is 8.87. The number of hydrogen-bond donors (Lipinski definition) is 2. The van der Waals surface area contributed by atoms with Crippen molar-refractivity contribution in [3.63, 3.8) is 0 Å². The van der Waals surface area contributed by atoms with Gasteiger partial charge in [-0.15, -0.1) is 0 Å². The van der Waals surface area contributed by atoms with Crippen LogP contribution in [0.3, 0.4) is 0 Å². The highest BCUT2D eigenvalue weighted by Gasteiger charge is 2.04. The van der Waals surface area contributed by atoms with Crippen molar-refractivity contribution >= 4 is 5.96 Å². The summed E-state index contributed by atoms with van der Waals surface area (Å²) in [5.41, 5.74) is 4.44. The van der Waals surface area contributed by atoms with Crippen LogP contribution in [-0.4, -0.2) is 29.9 Å². The molecule has 6 nitrogen and oxygen atoms in total. The van der Waals surface area contributed by atoms with E-state index >= 15 is 0 Å². The molecule has 3 aromatic rings. The van der Waals surface area contributed by atoms with Crippen molar-refractivity contribution in [2.45, 2.75) is 20.0 Å². The molecule has 6 heteroatoms. The van der Waals surface area contributed by atoms with Gasteiger partial charge in [-0.05, 0) is 48.4 Å². The molecular formula is C21H25N5O. The van der Waals surface area contributed by atoms with Crippen LogP contribution in [0.4, 0.5) is 0 Å². The van der Waals surface area contributed by atoms with E-state index in [1.807, 2.05) is 53.3 Å². The molecule has 3 rings (SSSR count). The van der Waals surface area contributed by atoms with Crippen molar-refractivity contribution in [2.24, 2.45) is 4.99 Å². The zero-order valence-electron chi connectivity index (χ0n) is 15.9. The topological polar surface area (TPSA) is 63.5 Å². The fourth-order valence-corrected chi connectivity index (χ4v) is 2.72. The minimum atomic E-state index is 0.594. The lowest BCUT2D eigenvalue weighted by Gasteiger charge is -2.12. The number of nitrogens with zero attached hydrogens (tertiary/aromatic N) is 3. The summed E-state index contributed by atoms with van der Waals surface area (Å²) in [5, 5.41) is 11.2. The normalized spacial score (nSPS) is 11.3. The number of aliphatic imine (C=N–C) groups is 1. The van der Waals surface area contributed by atoms with Crippen LogP contribution in [0.15, 0.2) is 65.8 Å². The van der Waals surface area contributed by atoms with Crippen LogP contribution in [0.2, 0.25) is 0 Å². The van der Waals surface area contributed by atoms with Crippen LogP contribution in [0.1, 0.15) is 16.8 Å². The summed E-state index contributed by atoms with van der Waals surface area (Å²) < 4.78 is 7.04. The molecule has 0 amide bonds. The zero-order valence-corrected chi connectivity index (χ0v) is 15.9. The zero-order chi connectivity index (χ0) is 19.1. The number of guanidine groups is 1. The van der Waals surface area contributed by atoms with Gasteiger partial charge in [0.1, 0.15) is 5.75 Å². The highest BCUT2D eigenvalue weighted by Crippen LogP contribution is 2.14. The van der Waals surface area contributed by atoms with E-state index in [2.05, 4.69) is 39.8 Å². The molecule has 0 aliphatic rings. The van der Waals surface area contributed by atoms with Gasteiger partial charge in [0.2, 0.25) is 0 Å². The highest BCUT2D eigenvalue weighted by atomic mass is 16.5. The molecular weight excluding hydrogens is 338 g/mol. The Hall–Kier alpha value is -3.28. The average Bonchev–Trinajstić information content (AvgIpc) is 3.18. The lowest BCUT2D eigenvalue weighted by atomic mass is 10.1. The number of aryl methyl sites for hydroxylation is 1. The predicted octanol–water partition coefficient (Wildman–Crippen LogP) is 3.05. The van der Waals surface area contributed by atoms with E-state index in [9.17, 15) is 0 Å². The molecule has 2 N–H and O–H groups in total. The lowest BCUT2D eigenvalue weighted by Crippen LogP contribution is -2.36. The third-order valence-corrected chi connectivity index (χ3v) is 4.35. The first-order chi connectivity index (χ1) is 13.2. The van der Waals surface area contributed by atoms with Gasteiger partial charge < -0.3 is 15.4 Å².